The number of methoxy groups -OCH3 is 1. The average Bonchev–Trinajstić information content (AvgIpc) is 2.80. The minimum Gasteiger partial charge on any atom is -0.467 e. The molecule has 0 aliphatic carbocycles. The molecule has 0 unspecified atom stereocenters. The van der Waals surface area contributed by atoms with E-state index in [4.69, 9.17) is 28.1 Å². The third kappa shape index (κ3) is 7.51. The number of esters is 3. The summed E-state index contributed by atoms with van der Waals surface area (Å²) < 4.78 is 33.3. The lowest BCUT2D eigenvalue weighted by molar-refractivity contribution is -0.387. The Balaban J connectivity index is 2.44. The number of nitrogens with zero attached hydrogens (tertiary/aromatic N) is 1. The second-order valence-electron chi connectivity index (χ2n) is 10.7. The number of ether oxygens (including phenoxy) is 5. The normalized spacial score (nSPS) is 23.8. The number of carbonyl (C=O) groups is 3. The zero-order chi connectivity index (χ0) is 29.0. The Labute approximate surface area is 223 Å². The summed E-state index contributed by atoms with van der Waals surface area (Å²) in [6, 6.07) is 4.32. The fourth-order valence-corrected chi connectivity index (χ4v) is 4.59. The Morgan fingerprint density at radius 1 is 1.08 bits per heavy atom. The summed E-state index contributed by atoms with van der Waals surface area (Å²) in [4.78, 5) is 47.4. The van der Waals surface area contributed by atoms with E-state index in [0.29, 0.717) is 5.56 Å². The van der Waals surface area contributed by atoms with Gasteiger partial charge in [0.2, 0.25) is 12.4 Å². The van der Waals surface area contributed by atoms with E-state index >= 15 is 0 Å². The van der Waals surface area contributed by atoms with Gasteiger partial charge in [-0.2, -0.15) is 0 Å². The van der Waals surface area contributed by atoms with Crippen molar-refractivity contribution in [3.05, 3.63) is 33.9 Å². The van der Waals surface area contributed by atoms with Gasteiger partial charge in [-0.1, -0.05) is 33.8 Å². The van der Waals surface area contributed by atoms with E-state index in [1.165, 1.54) is 12.1 Å². The van der Waals surface area contributed by atoms with Gasteiger partial charge in [0.25, 0.3) is 0 Å². The van der Waals surface area contributed by atoms with E-state index < -0.39 is 61.7 Å². The van der Waals surface area contributed by atoms with Crippen LogP contribution in [0.5, 0.6) is 5.75 Å². The third-order valence-corrected chi connectivity index (χ3v) is 11.3. The van der Waals surface area contributed by atoms with E-state index in [2.05, 4.69) is 33.9 Å². The van der Waals surface area contributed by atoms with Crippen LogP contribution in [-0.2, 0) is 44.4 Å². The van der Waals surface area contributed by atoms with Crippen molar-refractivity contribution in [1.29, 1.82) is 0 Å². The molecule has 0 radical (unpaired) electrons. The number of carbonyl (C=O) groups excluding carboxylic acids is 3. The van der Waals surface area contributed by atoms with Crippen molar-refractivity contribution in [2.24, 2.45) is 5.92 Å². The van der Waals surface area contributed by atoms with Crippen LogP contribution in [0.2, 0.25) is 18.1 Å². The lowest BCUT2D eigenvalue weighted by atomic mass is 9.90. The minimum atomic E-state index is -2.11. The van der Waals surface area contributed by atoms with Gasteiger partial charge in [-0.3, -0.25) is 19.7 Å². The van der Waals surface area contributed by atoms with Crippen LogP contribution in [0.15, 0.2) is 18.2 Å². The van der Waals surface area contributed by atoms with E-state index in [0.717, 1.165) is 21.0 Å². The first-order valence-corrected chi connectivity index (χ1v) is 15.0. The van der Waals surface area contributed by atoms with E-state index in [-0.39, 0.29) is 23.1 Å². The Bertz CT molecular complexity index is 1050. The molecule has 1 saturated heterocycles. The summed E-state index contributed by atoms with van der Waals surface area (Å²) in [5.74, 6) is -3.20. The molecule has 212 valence electrons. The molecule has 1 heterocycles. The molecule has 0 amide bonds. The van der Waals surface area contributed by atoms with Gasteiger partial charge >= 0.3 is 23.6 Å². The monoisotopic (exact) mass is 555 g/mol. The van der Waals surface area contributed by atoms with Crippen molar-refractivity contribution < 1.29 is 47.4 Å². The first-order valence-electron chi connectivity index (χ1n) is 12.1. The van der Waals surface area contributed by atoms with Crippen molar-refractivity contribution in [3.8, 4) is 5.75 Å². The molecule has 1 aliphatic heterocycles. The quantitative estimate of drug-likeness (QED) is 0.143. The Morgan fingerprint density at radius 3 is 2.16 bits per heavy atom. The summed E-state index contributed by atoms with van der Waals surface area (Å²) in [5.41, 5.74) is 0.178. The second kappa shape index (κ2) is 12.2. The van der Waals surface area contributed by atoms with Crippen molar-refractivity contribution >= 4 is 31.9 Å². The summed E-state index contributed by atoms with van der Waals surface area (Å²) >= 11 is 0. The van der Waals surface area contributed by atoms with E-state index in [1.54, 1.807) is 13.0 Å². The summed E-state index contributed by atoms with van der Waals surface area (Å²) in [6.07, 6.45) is -5.28. The maximum absolute atomic E-state index is 12.4. The molecule has 1 aliphatic rings. The molecular formula is C25H37NO11Si. The number of hydrogen-bond acceptors (Lipinski definition) is 11. The molecule has 0 bridgehead atoms. The number of nitro benzene ring substituents is 1. The van der Waals surface area contributed by atoms with Gasteiger partial charge in [0.15, 0.2) is 26.3 Å². The minimum absolute atomic E-state index is 0.0438. The van der Waals surface area contributed by atoms with Crippen LogP contribution in [0, 0.1) is 16.0 Å². The van der Waals surface area contributed by atoms with Crippen molar-refractivity contribution in [1.82, 2.24) is 0 Å². The van der Waals surface area contributed by atoms with Gasteiger partial charge in [0, 0.05) is 25.8 Å². The van der Waals surface area contributed by atoms with Crippen molar-refractivity contribution in [3.63, 3.8) is 0 Å². The summed E-state index contributed by atoms with van der Waals surface area (Å²) in [6.45, 7) is 14.4. The molecule has 1 fully saturated rings. The highest BCUT2D eigenvalue weighted by Gasteiger charge is 2.52. The number of nitro groups is 1. The molecule has 0 spiro atoms. The third-order valence-electron chi connectivity index (χ3n) is 6.78. The molecule has 38 heavy (non-hydrogen) atoms. The number of rotatable bonds is 9. The topological polar surface area (TPSA) is 150 Å². The largest absolute Gasteiger partial charge is 0.467 e. The maximum Gasteiger partial charge on any atom is 0.335 e. The van der Waals surface area contributed by atoms with Crippen molar-refractivity contribution in [2.75, 3.05) is 7.11 Å². The predicted molar refractivity (Wildman–Crippen MR) is 137 cm³/mol. The van der Waals surface area contributed by atoms with Crippen LogP contribution >= 0.6 is 0 Å². The number of hydrogen-bond donors (Lipinski definition) is 0. The smallest absolute Gasteiger partial charge is 0.335 e. The SMILES string of the molecule is COC(=O)[C@H]1O[C@@H](Oc2ccc(CO[Si](C)(C)C(C)(C)C)cc2[N+](=O)[O-])[C@H](OC(C)=O)[C@@H](OC(C)=O)[C@@H]1C. The van der Waals surface area contributed by atoms with Crippen LogP contribution in [0.25, 0.3) is 0 Å². The second-order valence-corrected chi connectivity index (χ2v) is 15.5. The van der Waals surface area contributed by atoms with Crippen LogP contribution in [0.4, 0.5) is 5.69 Å². The molecule has 1 aromatic rings. The molecule has 2 rings (SSSR count). The molecular weight excluding hydrogens is 518 g/mol. The first-order chi connectivity index (χ1) is 17.5. The van der Waals surface area contributed by atoms with Gasteiger partial charge in [0.1, 0.15) is 0 Å². The van der Waals surface area contributed by atoms with Crippen LogP contribution in [-0.4, -0.2) is 62.9 Å². The van der Waals surface area contributed by atoms with Gasteiger partial charge in [-0.15, -0.1) is 0 Å². The van der Waals surface area contributed by atoms with Gasteiger partial charge in [-0.25, -0.2) is 4.79 Å². The molecule has 0 N–H and O–H groups in total. The predicted octanol–water partition coefficient (Wildman–Crippen LogP) is 3.89. The molecule has 1 aromatic carbocycles. The lowest BCUT2D eigenvalue weighted by Gasteiger charge is -2.42. The molecule has 5 atom stereocenters. The van der Waals surface area contributed by atoms with Gasteiger partial charge in [0.05, 0.1) is 18.6 Å². The Kier molecular flexibility index (Phi) is 10.0. The lowest BCUT2D eigenvalue weighted by Crippen LogP contribution is -2.60. The maximum atomic E-state index is 12.4. The van der Waals surface area contributed by atoms with Crippen LogP contribution < -0.4 is 4.74 Å². The van der Waals surface area contributed by atoms with Crippen LogP contribution in [0.3, 0.4) is 0 Å². The average molecular weight is 556 g/mol. The summed E-state index contributed by atoms with van der Waals surface area (Å²) in [5, 5.41) is 11.9. The van der Waals surface area contributed by atoms with Crippen molar-refractivity contribution in [2.45, 2.75) is 90.9 Å². The van der Waals surface area contributed by atoms with Crippen LogP contribution in [0.1, 0.15) is 47.1 Å². The summed E-state index contributed by atoms with van der Waals surface area (Å²) in [7, 11) is -0.955. The Hall–Kier alpha value is -3.03. The standard InChI is InChI=1S/C25H37NO11Si/c1-14-20(34-15(2)27)22(35-16(3)28)24(37-21(14)23(29)32-7)36-19-11-10-17(12-18(19)26(30)31)13-33-38(8,9)25(4,5)6/h10-12,14,20-22,24H,13H2,1-9H3/t14-,20-,21-,22+,24+/m0/s1. The molecule has 13 heteroatoms. The fourth-order valence-electron chi connectivity index (χ4n) is 3.63. The zero-order valence-corrected chi connectivity index (χ0v) is 24.3. The van der Waals surface area contributed by atoms with Gasteiger partial charge < -0.3 is 28.1 Å². The molecule has 0 aromatic heterocycles. The fraction of sp³-hybridized carbons (Fsp3) is 0.640. The highest BCUT2D eigenvalue weighted by Crippen LogP contribution is 2.38. The van der Waals surface area contributed by atoms with E-state index in [9.17, 15) is 24.5 Å². The highest BCUT2D eigenvalue weighted by molar-refractivity contribution is 6.74. The first kappa shape index (κ1) is 31.2. The molecule has 0 saturated carbocycles. The van der Waals surface area contributed by atoms with E-state index in [1.807, 2.05) is 0 Å². The highest BCUT2D eigenvalue weighted by atomic mass is 28.4. The Morgan fingerprint density at radius 2 is 1.66 bits per heavy atom. The zero-order valence-electron chi connectivity index (χ0n) is 23.3. The number of benzene rings is 1. The van der Waals surface area contributed by atoms with Gasteiger partial charge in [-0.05, 0) is 29.8 Å². The molecule has 12 nitrogen and oxygen atoms in total.